The molecule has 0 saturated heterocycles. The summed E-state index contributed by atoms with van der Waals surface area (Å²) >= 11 is 0. The Balaban J connectivity index is 1.84. The summed E-state index contributed by atoms with van der Waals surface area (Å²) in [5, 5.41) is 0. The SMILES string of the molecule is CS(=O)(=O)c1ccc(-c2nc(Cc3ccccc3)oc2-c2cc(F)ccc2F)cc1. The number of oxazole rings is 1. The molecule has 0 aliphatic rings. The predicted molar refractivity (Wildman–Crippen MR) is 110 cm³/mol. The van der Waals surface area contributed by atoms with Gasteiger partial charge in [-0.2, -0.15) is 0 Å². The Morgan fingerprint density at radius 3 is 2.30 bits per heavy atom. The standard InChI is InChI=1S/C23H17F2NO3S/c1-30(27,28)18-10-7-16(8-11-18)22-23(19-14-17(24)9-12-20(19)25)29-21(26-22)13-15-5-3-2-4-6-15/h2-12,14H,13H2,1H3. The van der Waals surface area contributed by atoms with Crippen LogP contribution >= 0.6 is 0 Å². The molecule has 152 valence electrons. The van der Waals surface area contributed by atoms with Crippen LogP contribution in [0, 0.1) is 11.6 Å². The summed E-state index contributed by atoms with van der Waals surface area (Å²) in [5.74, 6) is -0.828. The maximum atomic E-state index is 14.5. The number of benzene rings is 3. The van der Waals surface area contributed by atoms with Crippen molar-refractivity contribution in [3.05, 3.63) is 95.9 Å². The third kappa shape index (κ3) is 4.16. The van der Waals surface area contributed by atoms with Crippen LogP contribution in [0.4, 0.5) is 8.78 Å². The molecule has 1 aromatic heterocycles. The summed E-state index contributed by atoms with van der Waals surface area (Å²) in [6.45, 7) is 0. The van der Waals surface area contributed by atoms with Crippen molar-refractivity contribution in [1.29, 1.82) is 0 Å². The Morgan fingerprint density at radius 1 is 0.933 bits per heavy atom. The van der Waals surface area contributed by atoms with E-state index in [9.17, 15) is 17.2 Å². The van der Waals surface area contributed by atoms with Gasteiger partial charge in [0.25, 0.3) is 0 Å². The first-order valence-corrected chi connectivity index (χ1v) is 11.0. The first-order valence-electron chi connectivity index (χ1n) is 9.11. The van der Waals surface area contributed by atoms with Crippen molar-refractivity contribution in [2.24, 2.45) is 0 Å². The van der Waals surface area contributed by atoms with E-state index in [-0.39, 0.29) is 16.2 Å². The lowest BCUT2D eigenvalue weighted by Gasteiger charge is -2.04. The van der Waals surface area contributed by atoms with Crippen LogP contribution < -0.4 is 0 Å². The second kappa shape index (κ2) is 7.84. The number of hydrogen-bond donors (Lipinski definition) is 0. The van der Waals surface area contributed by atoms with Crippen molar-refractivity contribution in [2.75, 3.05) is 6.26 Å². The minimum absolute atomic E-state index is 0.0519. The average molecular weight is 425 g/mol. The average Bonchev–Trinajstić information content (AvgIpc) is 3.13. The third-order valence-corrected chi connectivity index (χ3v) is 5.73. The van der Waals surface area contributed by atoms with E-state index in [1.807, 2.05) is 30.3 Å². The largest absolute Gasteiger partial charge is 0.440 e. The maximum Gasteiger partial charge on any atom is 0.199 e. The molecule has 7 heteroatoms. The van der Waals surface area contributed by atoms with Crippen molar-refractivity contribution >= 4 is 9.84 Å². The zero-order chi connectivity index (χ0) is 21.3. The van der Waals surface area contributed by atoms with E-state index in [0.29, 0.717) is 23.6 Å². The van der Waals surface area contributed by atoms with E-state index in [1.54, 1.807) is 12.1 Å². The lowest BCUT2D eigenvalue weighted by atomic mass is 10.1. The van der Waals surface area contributed by atoms with Gasteiger partial charge in [-0.3, -0.25) is 0 Å². The van der Waals surface area contributed by atoms with Gasteiger partial charge in [0.15, 0.2) is 21.5 Å². The quantitative estimate of drug-likeness (QED) is 0.436. The Labute approximate surface area is 172 Å². The predicted octanol–water partition coefficient (Wildman–Crippen LogP) is 5.28. The first kappa shape index (κ1) is 20.0. The number of hydrogen-bond acceptors (Lipinski definition) is 4. The van der Waals surface area contributed by atoms with Gasteiger partial charge in [0.2, 0.25) is 0 Å². The highest BCUT2D eigenvalue weighted by molar-refractivity contribution is 7.90. The van der Waals surface area contributed by atoms with Crippen LogP contribution in [0.25, 0.3) is 22.6 Å². The van der Waals surface area contributed by atoms with E-state index in [1.165, 1.54) is 12.1 Å². The van der Waals surface area contributed by atoms with Crippen LogP contribution in [0.1, 0.15) is 11.5 Å². The van der Waals surface area contributed by atoms with Crippen molar-refractivity contribution in [3.63, 3.8) is 0 Å². The maximum absolute atomic E-state index is 14.5. The highest BCUT2D eigenvalue weighted by Gasteiger charge is 2.21. The molecule has 0 saturated carbocycles. The van der Waals surface area contributed by atoms with E-state index in [4.69, 9.17) is 4.42 Å². The van der Waals surface area contributed by atoms with Crippen LogP contribution in [0.3, 0.4) is 0 Å². The van der Waals surface area contributed by atoms with Gasteiger partial charge in [-0.15, -0.1) is 0 Å². The van der Waals surface area contributed by atoms with E-state index in [2.05, 4.69) is 4.98 Å². The molecule has 0 bridgehead atoms. The highest BCUT2D eigenvalue weighted by atomic mass is 32.2. The summed E-state index contributed by atoms with van der Waals surface area (Å²) in [6, 6.07) is 18.6. The Morgan fingerprint density at radius 2 is 1.63 bits per heavy atom. The molecule has 0 atom stereocenters. The summed E-state index contributed by atoms with van der Waals surface area (Å²) in [6.07, 6.45) is 1.48. The lowest BCUT2D eigenvalue weighted by molar-refractivity contribution is 0.513. The minimum atomic E-state index is -3.37. The number of sulfone groups is 1. The van der Waals surface area contributed by atoms with Gasteiger partial charge in [0.1, 0.15) is 17.3 Å². The Hall–Kier alpha value is -3.32. The molecule has 0 unspecified atom stereocenters. The summed E-state index contributed by atoms with van der Waals surface area (Å²) in [5.41, 5.74) is 1.74. The fourth-order valence-corrected chi connectivity index (χ4v) is 3.75. The van der Waals surface area contributed by atoms with Crippen LogP contribution in [-0.2, 0) is 16.3 Å². The lowest BCUT2D eigenvalue weighted by Crippen LogP contribution is -1.96. The van der Waals surface area contributed by atoms with Gasteiger partial charge in [-0.25, -0.2) is 22.2 Å². The van der Waals surface area contributed by atoms with Crippen LogP contribution in [0.2, 0.25) is 0 Å². The number of halogens is 2. The van der Waals surface area contributed by atoms with Gasteiger partial charge in [-0.05, 0) is 35.9 Å². The zero-order valence-corrected chi connectivity index (χ0v) is 16.8. The van der Waals surface area contributed by atoms with Crippen molar-refractivity contribution in [1.82, 2.24) is 4.98 Å². The van der Waals surface area contributed by atoms with Gasteiger partial charge in [0, 0.05) is 18.2 Å². The molecular weight excluding hydrogens is 408 g/mol. The van der Waals surface area contributed by atoms with Gasteiger partial charge in [-0.1, -0.05) is 42.5 Å². The van der Waals surface area contributed by atoms with Crippen LogP contribution in [0.15, 0.2) is 82.1 Å². The molecule has 3 aromatic carbocycles. The molecule has 1 heterocycles. The zero-order valence-electron chi connectivity index (χ0n) is 16.0. The number of aromatic nitrogens is 1. The normalized spacial score (nSPS) is 11.6. The third-order valence-electron chi connectivity index (χ3n) is 4.60. The molecule has 0 aliphatic carbocycles. The van der Waals surface area contributed by atoms with Crippen molar-refractivity contribution in [2.45, 2.75) is 11.3 Å². The molecule has 4 nitrogen and oxygen atoms in total. The second-order valence-corrected chi connectivity index (χ2v) is 8.88. The molecular formula is C23H17F2NO3S. The minimum Gasteiger partial charge on any atom is -0.440 e. The molecule has 4 aromatic rings. The Kier molecular flexibility index (Phi) is 5.22. The topological polar surface area (TPSA) is 60.2 Å². The van der Waals surface area contributed by atoms with Gasteiger partial charge in [0.05, 0.1) is 10.5 Å². The molecule has 0 radical (unpaired) electrons. The van der Waals surface area contributed by atoms with E-state index < -0.39 is 21.5 Å². The molecule has 0 N–H and O–H groups in total. The fourth-order valence-electron chi connectivity index (χ4n) is 3.12. The van der Waals surface area contributed by atoms with Crippen molar-refractivity contribution < 1.29 is 21.6 Å². The molecule has 0 fully saturated rings. The fraction of sp³-hybridized carbons (Fsp3) is 0.0870. The van der Waals surface area contributed by atoms with E-state index >= 15 is 0 Å². The molecule has 0 amide bonds. The molecule has 0 spiro atoms. The highest BCUT2D eigenvalue weighted by Crippen LogP contribution is 2.35. The van der Waals surface area contributed by atoms with Gasteiger partial charge < -0.3 is 4.42 Å². The summed E-state index contributed by atoms with van der Waals surface area (Å²) < 4.78 is 57.6. The smallest absolute Gasteiger partial charge is 0.199 e. The number of rotatable bonds is 5. The van der Waals surface area contributed by atoms with Crippen molar-refractivity contribution in [3.8, 4) is 22.6 Å². The first-order chi connectivity index (χ1) is 14.3. The number of nitrogens with zero attached hydrogens (tertiary/aromatic N) is 1. The monoisotopic (exact) mass is 425 g/mol. The van der Waals surface area contributed by atoms with Crippen LogP contribution in [-0.4, -0.2) is 19.7 Å². The van der Waals surface area contributed by atoms with Gasteiger partial charge >= 0.3 is 0 Å². The molecule has 0 aliphatic heterocycles. The molecule has 30 heavy (non-hydrogen) atoms. The Bertz CT molecular complexity index is 1300. The van der Waals surface area contributed by atoms with Crippen LogP contribution in [0.5, 0.6) is 0 Å². The molecule has 4 rings (SSSR count). The summed E-state index contributed by atoms with van der Waals surface area (Å²) in [4.78, 5) is 4.66. The summed E-state index contributed by atoms with van der Waals surface area (Å²) in [7, 11) is -3.37. The van der Waals surface area contributed by atoms with E-state index in [0.717, 1.165) is 30.0 Å². The second-order valence-electron chi connectivity index (χ2n) is 6.87.